The van der Waals surface area contributed by atoms with Crippen LogP contribution >= 0.6 is 11.8 Å². The molecule has 0 radical (unpaired) electrons. The molecule has 1 amide bonds. The maximum atomic E-state index is 13.6. The molecule has 1 heterocycles. The summed E-state index contributed by atoms with van der Waals surface area (Å²) in [4.78, 5) is 11.8. The van der Waals surface area contributed by atoms with Crippen LogP contribution in [-0.4, -0.2) is 27.9 Å². The highest BCUT2D eigenvalue weighted by Crippen LogP contribution is 2.24. The van der Waals surface area contributed by atoms with Gasteiger partial charge in [0.2, 0.25) is 5.91 Å². The lowest BCUT2D eigenvalue weighted by molar-refractivity contribution is -0.119. The number of nitrogens with zero attached hydrogens (tertiary/aromatic N) is 2. The number of thioether (sulfide) groups is 1. The van der Waals surface area contributed by atoms with Gasteiger partial charge in [0, 0.05) is 6.04 Å². The molecule has 118 valence electrons. The van der Waals surface area contributed by atoms with Gasteiger partial charge in [0.25, 0.3) is 11.1 Å². The number of carbonyl (C=O) groups is 1. The van der Waals surface area contributed by atoms with Gasteiger partial charge >= 0.3 is 0 Å². The Morgan fingerprint density at radius 1 is 1.41 bits per heavy atom. The van der Waals surface area contributed by atoms with Crippen LogP contribution in [-0.2, 0) is 4.79 Å². The molecule has 1 atom stereocenters. The van der Waals surface area contributed by atoms with Crippen LogP contribution in [0.1, 0.15) is 26.7 Å². The summed E-state index contributed by atoms with van der Waals surface area (Å²) in [6, 6.07) is 6.32. The number of aromatic nitrogens is 2. The Labute approximate surface area is 132 Å². The summed E-state index contributed by atoms with van der Waals surface area (Å²) in [7, 11) is 0. The van der Waals surface area contributed by atoms with Gasteiger partial charge < -0.3 is 9.73 Å². The van der Waals surface area contributed by atoms with E-state index in [1.54, 1.807) is 18.2 Å². The monoisotopic (exact) mass is 323 g/mol. The predicted octanol–water partition coefficient (Wildman–Crippen LogP) is 3.27. The minimum atomic E-state index is -0.422. The molecule has 0 fully saturated rings. The van der Waals surface area contributed by atoms with Crippen molar-refractivity contribution in [1.29, 1.82) is 0 Å². The molecule has 0 aliphatic rings. The van der Waals surface area contributed by atoms with Crippen LogP contribution in [0.15, 0.2) is 33.9 Å². The molecule has 0 saturated carbocycles. The molecule has 7 heteroatoms. The van der Waals surface area contributed by atoms with E-state index in [9.17, 15) is 9.18 Å². The second-order valence-electron chi connectivity index (χ2n) is 4.90. The summed E-state index contributed by atoms with van der Waals surface area (Å²) in [5, 5.41) is 10.8. The molecule has 0 spiro atoms. The van der Waals surface area contributed by atoms with Crippen molar-refractivity contribution >= 4 is 17.7 Å². The van der Waals surface area contributed by atoms with E-state index >= 15 is 0 Å². The third-order valence-electron chi connectivity index (χ3n) is 2.97. The molecule has 2 aromatic rings. The second kappa shape index (κ2) is 7.93. The first-order chi connectivity index (χ1) is 10.6. The number of hydrogen-bond acceptors (Lipinski definition) is 5. The number of nitrogens with one attached hydrogen (secondary N) is 1. The van der Waals surface area contributed by atoms with Crippen LogP contribution in [0.3, 0.4) is 0 Å². The van der Waals surface area contributed by atoms with Crippen LogP contribution in [0.4, 0.5) is 4.39 Å². The largest absolute Gasteiger partial charge is 0.411 e. The molecule has 22 heavy (non-hydrogen) atoms. The first-order valence-electron chi connectivity index (χ1n) is 7.10. The zero-order valence-electron chi connectivity index (χ0n) is 12.5. The molecule has 5 nitrogen and oxygen atoms in total. The summed E-state index contributed by atoms with van der Waals surface area (Å²) in [6.45, 7) is 4.04. The SMILES string of the molecule is CCC[C@H](C)NC(=O)CSc1nnc(-c2ccccc2F)o1. The van der Waals surface area contributed by atoms with E-state index in [0.717, 1.165) is 24.6 Å². The van der Waals surface area contributed by atoms with Gasteiger partial charge in [-0.3, -0.25) is 4.79 Å². The Hall–Kier alpha value is -1.89. The number of benzene rings is 1. The predicted molar refractivity (Wildman–Crippen MR) is 82.9 cm³/mol. The fraction of sp³-hybridized carbons (Fsp3) is 0.400. The summed E-state index contributed by atoms with van der Waals surface area (Å²) >= 11 is 1.14. The molecule has 0 aliphatic carbocycles. The summed E-state index contributed by atoms with van der Waals surface area (Å²) in [5.41, 5.74) is 0.253. The van der Waals surface area contributed by atoms with Gasteiger partial charge in [0.1, 0.15) is 5.82 Å². The van der Waals surface area contributed by atoms with Crippen LogP contribution in [0.25, 0.3) is 11.5 Å². The summed E-state index contributed by atoms with van der Waals surface area (Å²) in [6.07, 6.45) is 1.96. The smallest absolute Gasteiger partial charge is 0.277 e. The average molecular weight is 323 g/mol. The third kappa shape index (κ3) is 4.56. The minimum absolute atomic E-state index is 0.0865. The molecule has 1 aromatic heterocycles. The van der Waals surface area contributed by atoms with Crippen LogP contribution in [0, 0.1) is 5.82 Å². The molecular weight excluding hydrogens is 305 g/mol. The highest BCUT2D eigenvalue weighted by Gasteiger charge is 2.14. The fourth-order valence-electron chi connectivity index (χ4n) is 1.96. The van der Waals surface area contributed by atoms with E-state index in [1.165, 1.54) is 6.07 Å². The average Bonchev–Trinajstić information content (AvgIpc) is 2.94. The van der Waals surface area contributed by atoms with E-state index < -0.39 is 5.82 Å². The van der Waals surface area contributed by atoms with Crippen LogP contribution < -0.4 is 5.32 Å². The molecule has 0 unspecified atom stereocenters. The lowest BCUT2D eigenvalue weighted by Crippen LogP contribution is -2.33. The van der Waals surface area contributed by atoms with Crippen LogP contribution in [0.2, 0.25) is 0 Å². The van der Waals surface area contributed by atoms with Gasteiger partial charge in [0.15, 0.2) is 0 Å². The minimum Gasteiger partial charge on any atom is -0.411 e. The van der Waals surface area contributed by atoms with Gasteiger partial charge in [-0.1, -0.05) is 37.2 Å². The first kappa shape index (κ1) is 16.5. The second-order valence-corrected chi connectivity index (χ2v) is 5.83. The number of hydrogen-bond donors (Lipinski definition) is 1. The molecule has 0 saturated heterocycles. The number of halogens is 1. The molecule has 1 N–H and O–H groups in total. The number of rotatable bonds is 7. The molecule has 1 aromatic carbocycles. The van der Waals surface area contributed by atoms with Gasteiger partial charge in [-0.15, -0.1) is 10.2 Å². The Bertz CT molecular complexity index is 633. The fourth-order valence-corrected chi connectivity index (χ4v) is 2.53. The lowest BCUT2D eigenvalue weighted by atomic mass is 10.2. The Morgan fingerprint density at radius 3 is 2.91 bits per heavy atom. The highest BCUT2D eigenvalue weighted by atomic mass is 32.2. The van der Waals surface area contributed by atoms with Crippen molar-refractivity contribution in [1.82, 2.24) is 15.5 Å². The maximum Gasteiger partial charge on any atom is 0.277 e. The van der Waals surface area contributed by atoms with Crippen molar-refractivity contribution in [2.24, 2.45) is 0 Å². The number of amides is 1. The Kier molecular flexibility index (Phi) is 5.94. The highest BCUT2D eigenvalue weighted by molar-refractivity contribution is 7.99. The van der Waals surface area contributed by atoms with Gasteiger partial charge in [-0.05, 0) is 25.5 Å². The van der Waals surface area contributed by atoms with E-state index in [-0.39, 0.29) is 34.4 Å². The van der Waals surface area contributed by atoms with Crippen molar-refractivity contribution in [3.8, 4) is 11.5 Å². The van der Waals surface area contributed by atoms with E-state index in [0.29, 0.717) is 0 Å². The number of carbonyl (C=O) groups excluding carboxylic acids is 1. The molecule has 0 bridgehead atoms. The first-order valence-corrected chi connectivity index (χ1v) is 8.09. The zero-order valence-corrected chi connectivity index (χ0v) is 13.3. The third-order valence-corrected chi connectivity index (χ3v) is 3.78. The normalized spacial score (nSPS) is 12.1. The molecular formula is C15H18FN3O2S. The quantitative estimate of drug-likeness (QED) is 0.792. The Morgan fingerprint density at radius 2 is 2.18 bits per heavy atom. The zero-order chi connectivity index (χ0) is 15.9. The maximum absolute atomic E-state index is 13.6. The van der Waals surface area contributed by atoms with E-state index in [4.69, 9.17) is 4.42 Å². The van der Waals surface area contributed by atoms with E-state index in [1.807, 2.05) is 6.92 Å². The molecule has 0 aliphatic heterocycles. The van der Waals surface area contributed by atoms with Crippen molar-refractivity contribution in [2.75, 3.05) is 5.75 Å². The van der Waals surface area contributed by atoms with Crippen LogP contribution in [0.5, 0.6) is 0 Å². The summed E-state index contributed by atoms with van der Waals surface area (Å²) in [5.74, 6) is -0.210. The van der Waals surface area contributed by atoms with E-state index in [2.05, 4.69) is 22.4 Å². The lowest BCUT2D eigenvalue weighted by Gasteiger charge is -2.11. The van der Waals surface area contributed by atoms with Gasteiger partial charge in [0.05, 0.1) is 11.3 Å². The standard InChI is InChI=1S/C15H18FN3O2S/c1-3-6-10(2)17-13(20)9-22-15-19-18-14(21-15)11-7-4-5-8-12(11)16/h4-5,7-8,10H,3,6,9H2,1-2H3,(H,17,20)/t10-/m0/s1. The van der Waals surface area contributed by atoms with Gasteiger partial charge in [-0.2, -0.15) is 0 Å². The Balaban J connectivity index is 1.90. The van der Waals surface area contributed by atoms with Crippen molar-refractivity contribution in [3.05, 3.63) is 30.1 Å². The molecule has 2 rings (SSSR count). The van der Waals surface area contributed by atoms with Gasteiger partial charge in [-0.25, -0.2) is 4.39 Å². The van der Waals surface area contributed by atoms with Crippen molar-refractivity contribution < 1.29 is 13.6 Å². The topological polar surface area (TPSA) is 68.0 Å². The summed E-state index contributed by atoms with van der Waals surface area (Å²) < 4.78 is 19.0. The van der Waals surface area contributed by atoms with Crippen molar-refractivity contribution in [2.45, 2.75) is 38.0 Å². The van der Waals surface area contributed by atoms with Crippen molar-refractivity contribution in [3.63, 3.8) is 0 Å².